The molecular formula is C16H24FN3O. The van der Waals surface area contributed by atoms with E-state index in [1.54, 1.807) is 0 Å². The Morgan fingerprint density at radius 2 is 2.10 bits per heavy atom. The Morgan fingerprint density at radius 3 is 2.81 bits per heavy atom. The minimum atomic E-state index is -0.181. The van der Waals surface area contributed by atoms with Gasteiger partial charge in [0, 0.05) is 32.2 Å². The van der Waals surface area contributed by atoms with Crippen LogP contribution in [0.1, 0.15) is 18.0 Å². The van der Waals surface area contributed by atoms with Gasteiger partial charge in [-0.2, -0.15) is 0 Å². The highest BCUT2D eigenvalue weighted by molar-refractivity contribution is 5.21. The smallest absolute Gasteiger partial charge is 0.123 e. The van der Waals surface area contributed by atoms with E-state index in [0.717, 1.165) is 38.4 Å². The molecule has 116 valence electrons. The van der Waals surface area contributed by atoms with Crippen molar-refractivity contribution in [2.24, 2.45) is 11.8 Å². The van der Waals surface area contributed by atoms with Crippen molar-refractivity contribution in [1.82, 2.24) is 15.8 Å². The van der Waals surface area contributed by atoms with Crippen LogP contribution in [0, 0.1) is 17.7 Å². The van der Waals surface area contributed by atoms with Gasteiger partial charge in [0.15, 0.2) is 0 Å². The molecule has 4 nitrogen and oxygen atoms in total. The zero-order valence-corrected chi connectivity index (χ0v) is 12.5. The van der Waals surface area contributed by atoms with E-state index >= 15 is 0 Å². The van der Waals surface area contributed by atoms with E-state index in [9.17, 15) is 4.39 Å². The van der Waals surface area contributed by atoms with Crippen LogP contribution in [0.4, 0.5) is 4.39 Å². The van der Waals surface area contributed by atoms with Gasteiger partial charge in [-0.05, 0) is 37.1 Å². The van der Waals surface area contributed by atoms with Gasteiger partial charge in [-0.15, -0.1) is 0 Å². The standard InChI is InChI=1S/C16H24FN3O/c1-20(9-12-6-7-21-11-12)10-14-8-18-19-16(14)13-2-4-15(17)5-3-13/h2-5,12,14,16,18-19H,6-11H2,1H3. The molecule has 0 saturated carbocycles. The number of hydrogen-bond donors (Lipinski definition) is 2. The van der Waals surface area contributed by atoms with Gasteiger partial charge in [0.05, 0.1) is 12.6 Å². The number of hydrogen-bond acceptors (Lipinski definition) is 4. The molecule has 2 N–H and O–H groups in total. The van der Waals surface area contributed by atoms with Crippen LogP contribution in [0.5, 0.6) is 0 Å². The molecule has 0 radical (unpaired) electrons. The van der Waals surface area contributed by atoms with Crippen LogP contribution in [0.25, 0.3) is 0 Å². The summed E-state index contributed by atoms with van der Waals surface area (Å²) in [6, 6.07) is 7.06. The van der Waals surface area contributed by atoms with E-state index in [-0.39, 0.29) is 11.9 Å². The summed E-state index contributed by atoms with van der Waals surface area (Å²) in [6.45, 7) is 4.86. The van der Waals surface area contributed by atoms with Crippen molar-refractivity contribution in [1.29, 1.82) is 0 Å². The van der Waals surface area contributed by atoms with Crippen LogP contribution < -0.4 is 10.9 Å². The molecule has 2 heterocycles. The van der Waals surface area contributed by atoms with Gasteiger partial charge in [0.2, 0.25) is 0 Å². The number of benzene rings is 1. The Bertz CT molecular complexity index is 447. The van der Waals surface area contributed by atoms with E-state index < -0.39 is 0 Å². The summed E-state index contributed by atoms with van der Waals surface area (Å²) >= 11 is 0. The van der Waals surface area contributed by atoms with Crippen LogP contribution >= 0.6 is 0 Å². The largest absolute Gasteiger partial charge is 0.381 e. The Hall–Kier alpha value is -1.01. The summed E-state index contributed by atoms with van der Waals surface area (Å²) in [5, 5.41) is 0. The molecule has 2 saturated heterocycles. The van der Waals surface area contributed by atoms with Gasteiger partial charge < -0.3 is 9.64 Å². The maximum Gasteiger partial charge on any atom is 0.123 e. The van der Waals surface area contributed by atoms with Crippen LogP contribution in [-0.4, -0.2) is 44.8 Å². The quantitative estimate of drug-likeness (QED) is 0.864. The average Bonchev–Trinajstić information content (AvgIpc) is 3.11. The number of halogens is 1. The van der Waals surface area contributed by atoms with Gasteiger partial charge in [-0.3, -0.25) is 5.43 Å². The third-order valence-electron chi connectivity index (χ3n) is 4.46. The fourth-order valence-electron chi connectivity index (χ4n) is 3.37. The highest BCUT2D eigenvalue weighted by Gasteiger charge is 2.29. The van der Waals surface area contributed by atoms with E-state index in [2.05, 4.69) is 22.8 Å². The summed E-state index contributed by atoms with van der Waals surface area (Å²) in [4.78, 5) is 2.40. The predicted molar refractivity (Wildman–Crippen MR) is 80.2 cm³/mol. The zero-order valence-electron chi connectivity index (χ0n) is 12.5. The fourth-order valence-corrected chi connectivity index (χ4v) is 3.37. The van der Waals surface area contributed by atoms with Gasteiger partial charge in [-0.25, -0.2) is 9.82 Å². The first-order valence-corrected chi connectivity index (χ1v) is 7.72. The fraction of sp³-hybridized carbons (Fsp3) is 0.625. The topological polar surface area (TPSA) is 36.5 Å². The van der Waals surface area contributed by atoms with Crippen LogP contribution in [0.2, 0.25) is 0 Å². The number of nitrogens with zero attached hydrogens (tertiary/aromatic N) is 1. The van der Waals surface area contributed by atoms with E-state index in [1.807, 2.05) is 12.1 Å². The summed E-state index contributed by atoms with van der Waals surface area (Å²) in [5.41, 5.74) is 7.70. The molecule has 5 heteroatoms. The summed E-state index contributed by atoms with van der Waals surface area (Å²) in [6.07, 6.45) is 1.17. The number of hydrazine groups is 1. The number of rotatable bonds is 5. The van der Waals surface area contributed by atoms with Gasteiger partial charge in [0.1, 0.15) is 5.82 Å². The molecule has 3 unspecified atom stereocenters. The van der Waals surface area contributed by atoms with E-state index in [4.69, 9.17) is 4.74 Å². The van der Waals surface area contributed by atoms with Gasteiger partial charge >= 0.3 is 0 Å². The summed E-state index contributed by atoms with van der Waals surface area (Å²) < 4.78 is 18.5. The van der Waals surface area contributed by atoms with Crippen molar-refractivity contribution in [2.45, 2.75) is 12.5 Å². The number of nitrogens with one attached hydrogen (secondary N) is 2. The minimum absolute atomic E-state index is 0.181. The predicted octanol–water partition coefficient (Wildman–Crippen LogP) is 1.56. The molecule has 0 aromatic heterocycles. The first-order chi connectivity index (χ1) is 10.2. The van der Waals surface area contributed by atoms with Gasteiger partial charge in [-0.1, -0.05) is 12.1 Å². The molecule has 2 fully saturated rings. The first kappa shape index (κ1) is 14.9. The molecule has 0 aliphatic carbocycles. The molecule has 1 aromatic carbocycles. The SMILES string of the molecule is CN(CC1CCOC1)CC1CNNC1c1ccc(F)cc1. The lowest BCUT2D eigenvalue weighted by Crippen LogP contribution is -2.33. The summed E-state index contributed by atoms with van der Waals surface area (Å²) in [5.74, 6) is 0.976. The van der Waals surface area contributed by atoms with Gasteiger partial charge in [0.25, 0.3) is 0 Å². The monoisotopic (exact) mass is 293 g/mol. The molecule has 21 heavy (non-hydrogen) atoms. The van der Waals surface area contributed by atoms with Crippen molar-refractivity contribution >= 4 is 0 Å². The summed E-state index contributed by atoms with van der Waals surface area (Å²) in [7, 11) is 2.18. The molecule has 1 aromatic rings. The molecule has 0 bridgehead atoms. The van der Waals surface area contributed by atoms with Crippen molar-refractivity contribution in [3.05, 3.63) is 35.6 Å². The van der Waals surface area contributed by atoms with E-state index in [0.29, 0.717) is 11.8 Å². The average molecular weight is 293 g/mol. The zero-order chi connectivity index (χ0) is 14.7. The highest BCUT2D eigenvalue weighted by atomic mass is 19.1. The Morgan fingerprint density at radius 1 is 1.29 bits per heavy atom. The number of ether oxygens (including phenoxy) is 1. The third-order valence-corrected chi connectivity index (χ3v) is 4.46. The lowest BCUT2D eigenvalue weighted by atomic mass is 9.94. The maximum absolute atomic E-state index is 13.1. The van der Waals surface area contributed by atoms with E-state index in [1.165, 1.54) is 18.6 Å². The molecule has 2 aliphatic heterocycles. The molecule has 0 spiro atoms. The van der Waals surface area contributed by atoms with Crippen molar-refractivity contribution in [3.8, 4) is 0 Å². The molecule has 3 atom stereocenters. The normalized spacial score (nSPS) is 29.4. The van der Waals surface area contributed by atoms with Crippen molar-refractivity contribution in [3.63, 3.8) is 0 Å². The highest BCUT2D eigenvalue weighted by Crippen LogP contribution is 2.26. The lowest BCUT2D eigenvalue weighted by Gasteiger charge is -2.26. The van der Waals surface area contributed by atoms with Crippen molar-refractivity contribution < 1.29 is 9.13 Å². The second-order valence-corrected chi connectivity index (χ2v) is 6.27. The Balaban J connectivity index is 1.57. The Kier molecular flexibility index (Phi) is 4.85. The maximum atomic E-state index is 13.1. The molecule has 0 amide bonds. The second-order valence-electron chi connectivity index (χ2n) is 6.27. The molecule has 2 aliphatic rings. The third kappa shape index (κ3) is 3.80. The van der Waals surface area contributed by atoms with Crippen LogP contribution in [0.3, 0.4) is 0 Å². The van der Waals surface area contributed by atoms with Crippen LogP contribution in [-0.2, 0) is 4.74 Å². The Labute approximate surface area is 125 Å². The van der Waals surface area contributed by atoms with Crippen molar-refractivity contribution in [2.75, 3.05) is 39.9 Å². The first-order valence-electron chi connectivity index (χ1n) is 7.72. The molecular weight excluding hydrogens is 269 g/mol. The lowest BCUT2D eigenvalue weighted by molar-refractivity contribution is 0.168. The second kappa shape index (κ2) is 6.83. The minimum Gasteiger partial charge on any atom is -0.381 e. The molecule has 3 rings (SSSR count). The van der Waals surface area contributed by atoms with Crippen LogP contribution in [0.15, 0.2) is 24.3 Å².